The third-order valence-electron chi connectivity index (χ3n) is 5.02. The van der Waals surface area contributed by atoms with Gasteiger partial charge < -0.3 is 10.1 Å². The molecule has 1 amide bonds. The lowest BCUT2D eigenvalue weighted by molar-refractivity contribution is -0.123. The predicted octanol–water partition coefficient (Wildman–Crippen LogP) is 1.44. The molecule has 0 radical (unpaired) electrons. The molecule has 7 nitrogen and oxygen atoms in total. The zero-order valence-electron chi connectivity index (χ0n) is 16.7. The third-order valence-corrected chi connectivity index (χ3v) is 5.02. The Bertz CT molecular complexity index is 858. The Labute approximate surface area is 165 Å². The van der Waals surface area contributed by atoms with Gasteiger partial charge in [0.15, 0.2) is 0 Å². The van der Waals surface area contributed by atoms with Crippen LogP contribution in [0, 0.1) is 0 Å². The summed E-state index contributed by atoms with van der Waals surface area (Å²) in [5, 5.41) is 3.07. The summed E-state index contributed by atoms with van der Waals surface area (Å²) >= 11 is 0. The van der Waals surface area contributed by atoms with Crippen LogP contribution in [0.15, 0.2) is 41.3 Å². The van der Waals surface area contributed by atoms with E-state index in [0.717, 1.165) is 18.7 Å². The summed E-state index contributed by atoms with van der Waals surface area (Å²) in [7, 11) is 1.71. The first-order chi connectivity index (χ1) is 13.5. The molecule has 2 heterocycles. The van der Waals surface area contributed by atoms with E-state index in [1.54, 1.807) is 17.8 Å². The van der Waals surface area contributed by atoms with Gasteiger partial charge in [-0.15, -0.1) is 0 Å². The van der Waals surface area contributed by atoms with Gasteiger partial charge in [-0.1, -0.05) is 44.2 Å². The van der Waals surface area contributed by atoms with Crippen LogP contribution in [0.3, 0.4) is 0 Å². The highest BCUT2D eigenvalue weighted by Crippen LogP contribution is 2.20. The van der Waals surface area contributed by atoms with E-state index in [1.807, 2.05) is 44.2 Å². The normalized spacial score (nSPS) is 16.1. The van der Waals surface area contributed by atoms with Crippen LogP contribution in [0.1, 0.15) is 42.8 Å². The quantitative estimate of drug-likeness (QED) is 0.816. The van der Waals surface area contributed by atoms with Crippen molar-refractivity contribution in [3.63, 3.8) is 0 Å². The fourth-order valence-electron chi connectivity index (χ4n) is 3.35. The molecule has 0 saturated carbocycles. The second-order valence-electron chi connectivity index (χ2n) is 7.39. The number of hydrogen-bond donors (Lipinski definition) is 1. The summed E-state index contributed by atoms with van der Waals surface area (Å²) in [6, 6.07) is 9.12. The fourth-order valence-corrected chi connectivity index (χ4v) is 3.35. The number of nitrogens with one attached hydrogen (secondary N) is 1. The first-order valence-electron chi connectivity index (χ1n) is 9.67. The highest BCUT2D eigenvalue weighted by atomic mass is 16.5. The van der Waals surface area contributed by atoms with Crippen LogP contribution in [-0.4, -0.2) is 53.2 Å². The highest BCUT2D eigenvalue weighted by Gasteiger charge is 2.24. The van der Waals surface area contributed by atoms with Crippen LogP contribution in [0.2, 0.25) is 0 Å². The van der Waals surface area contributed by atoms with Crippen LogP contribution in [0.5, 0.6) is 0 Å². The Morgan fingerprint density at radius 1 is 1.21 bits per heavy atom. The molecule has 0 spiro atoms. The highest BCUT2D eigenvalue weighted by molar-refractivity contribution is 5.79. The largest absolute Gasteiger partial charge is 0.379 e. The molecule has 1 aliphatic heterocycles. The van der Waals surface area contributed by atoms with Crippen LogP contribution < -0.4 is 10.9 Å². The monoisotopic (exact) mass is 384 g/mol. The Kier molecular flexibility index (Phi) is 6.59. The smallest absolute Gasteiger partial charge is 0.256 e. The minimum Gasteiger partial charge on any atom is -0.379 e. The van der Waals surface area contributed by atoms with Gasteiger partial charge >= 0.3 is 0 Å². The van der Waals surface area contributed by atoms with Gasteiger partial charge in [-0.05, 0) is 11.5 Å². The van der Waals surface area contributed by atoms with Gasteiger partial charge in [-0.3, -0.25) is 19.1 Å². The van der Waals surface area contributed by atoms with E-state index in [4.69, 9.17) is 4.74 Å². The zero-order valence-corrected chi connectivity index (χ0v) is 16.7. The molecule has 1 fully saturated rings. The van der Waals surface area contributed by atoms with Crippen molar-refractivity contribution in [1.82, 2.24) is 19.8 Å². The topological polar surface area (TPSA) is 76.5 Å². The van der Waals surface area contributed by atoms with Gasteiger partial charge in [0.05, 0.1) is 19.8 Å². The van der Waals surface area contributed by atoms with Crippen molar-refractivity contribution in [2.75, 3.05) is 32.8 Å². The summed E-state index contributed by atoms with van der Waals surface area (Å²) in [6.07, 6.45) is 1.63. The van der Waals surface area contributed by atoms with Crippen molar-refractivity contribution in [2.45, 2.75) is 25.8 Å². The van der Waals surface area contributed by atoms with Crippen LogP contribution in [0.25, 0.3) is 0 Å². The molecule has 1 atom stereocenters. The van der Waals surface area contributed by atoms with Crippen molar-refractivity contribution in [1.29, 1.82) is 0 Å². The fraction of sp³-hybridized carbons (Fsp3) is 0.476. The Hall–Kier alpha value is -2.51. The molecule has 2 aromatic rings. The van der Waals surface area contributed by atoms with Crippen molar-refractivity contribution in [2.24, 2.45) is 7.05 Å². The number of hydrogen-bond acceptors (Lipinski definition) is 5. The van der Waals surface area contributed by atoms with Crippen molar-refractivity contribution >= 4 is 5.91 Å². The molecule has 0 aliphatic carbocycles. The zero-order chi connectivity index (χ0) is 20.1. The van der Waals surface area contributed by atoms with Crippen molar-refractivity contribution in [3.8, 4) is 0 Å². The van der Waals surface area contributed by atoms with Gasteiger partial charge in [0.2, 0.25) is 5.91 Å². The first kappa shape index (κ1) is 20.2. The van der Waals surface area contributed by atoms with E-state index in [9.17, 15) is 9.59 Å². The molecule has 1 saturated heterocycles. The van der Waals surface area contributed by atoms with Crippen LogP contribution in [0.4, 0.5) is 0 Å². The molecule has 1 unspecified atom stereocenters. The van der Waals surface area contributed by atoms with E-state index >= 15 is 0 Å². The number of nitrogens with zero attached hydrogens (tertiary/aromatic N) is 3. The number of rotatable bonds is 6. The Morgan fingerprint density at radius 3 is 2.54 bits per heavy atom. The molecule has 1 N–H and O–H groups in total. The van der Waals surface area contributed by atoms with E-state index in [2.05, 4.69) is 15.2 Å². The van der Waals surface area contributed by atoms with E-state index in [-0.39, 0.29) is 17.4 Å². The van der Waals surface area contributed by atoms with Gasteiger partial charge in [0.1, 0.15) is 11.9 Å². The maximum Gasteiger partial charge on any atom is 0.256 e. The lowest BCUT2D eigenvalue weighted by atomic mass is 10.0. The van der Waals surface area contributed by atoms with Crippen molar-refractivity contribution < 1.29 is 9.53 Å². The summed E-state index contributed by atoms with van der Waals surface area (Å²) < 4.78 is 6.88. The minimum atomic E-state index is -0.492. The van der Waals surface area contributed by atoms with Gasteiger partial charge in [-0.2, -0.15) is 0 Å². The number of carbonyl (C=O) groups excluding carboxylic acids is 1. The van der Waals surface area contributed by atoms with Gasteiger partial charge in [-0.25, -0.2) is 4.98 Å². The maximum atomic E-state index is 12.8. The predicted molar refractivity (Wildman–Crippen MR) is 107 cm³/mol. The third kappa shape index (κ3) is 4.66. The number of aromatic nitrogens is 2. The summed E-state index contributed by atoms with van der Waals surface area (Å²) in [6.45, 7) is 7.00. The molecule has 150 valence electrons. The van der Waals surface area contributed by atoms with Gasteiger partial charge in [0, 0.05) is 31.9 Å². The van der Waals surface area contributed by atoms with Gasteiger partial charge in [0.25, 0.3) is 5.56 Å². The number of carbonyl (C=O) groups is 1. The molecule has 1 aromatic heterocycles. The standard InChI is InChI=1S/C21H28N4O3/c1-15(2)17-13-22-20(24(3)21(17)27)19(16-7-5-4-6-8-16)23-18(26)14-25-9-11-28-12-10-25/h4-8,13,15,19H,9-12,14H2,1-3H3,(H,23,26). The Morgan fingerprint density at radius 2 is 1.89 bits per heavy atom. The molecule has 1 aromatic carbocycles. The van der Waals surface area contributed by atoms with E-state index in [1.165, 1.54) is 0 Å². The average molecular weight is 384 g/mol. The molecule has 7 heteroatoms. The second-order valence-corrected chi connectivity index (χ2v) is 7.39. The van der Waals surface area contributed by atoms with Crippen LogP contribution >= 0.6 is 0 Å². The Balaban J connectivity index is 1.89. The summed E-state index contributed by atoms with van der Waals surface area (Å²) in [5.74, 6) is 0.514. The number of benzene rings is 1. The molecule has 0 bridgehead atoms. The lowest BCUT2D eigenvalue weighted by Gasteiger charge is -2.27. The second kappa shape index (κ2) is 9.12. The molecule has 3 rings (SSSR count). The SMILES string of the molecule is CC(C)c1cnc(C(NC(=O)CN2CCOCC2)c2ccccc2)n(C)c1=O. The number of amides is 1. The molecular weight excluding hydrogens is 356 g/mol. The van der Waals surface area contributed by atoms with Crippen molar-refractivity contribution in [3.05, 3.63) is 63.8 Å². The lowest BCUT2D eigenvalue weighted by Crippen LogP contribution is -2.45. The first-order valence-corrected chi connectivity index (χ1v) is 9.67. The molecule has 28 heavy (non-hydrogen) atoms. The summed E-state index contributed by atoms with van der Waals surface area (Å²) in [5.41, 5.74) is 1.47. The average Bonchev–Trinajstić information content (AvgIpc) is 2.69. The number of morpholine rings is 1. The summed E-state index contributed by atoms with van der Waals surface area (Å²) in [4.78, 5) is 32.1. The van der Waals surface area contributed by atoms with E-state index < -0.39 is 6.04 Å². The van der Waals surface area contributed by atoms with Crippen LogP contribution in [-0.2, 0) is 16.6 Å². The maximum absolute atomic E-state index is 12.8. The molecule has 1 aliphatic rings. The minimum absolute atomic E-state index is 0.0802. The number of ether oxygens (including phenoxy) is 1. The van der Waals surface area contributed by atoms with E-state index in [0.29, 0.717) is 31.1 Å². The molecular formula is C21H28N4O3.